The van der Waals surface area contributed by atoms with Crippen LogP contribution >= 0.6 is 15.9 Å². The number of halogens is 1. The van der Waals surface area contributed by atoms with Gasteiger partial charge in [0.25, 0.3) is 5.91 Å². The summed E-state index contributed by atoms with van der Waals surface area (Å²) in [6.07, 6.45) is 0.548. The number of benzene rings is 1. The molecule has 0 aliphatic carbocycles. The predicted molar refractivity (Wildman–Crippen MR) is 72.5 cm³/mol. The lowest BCUT2D eigenvalue weighted by molar-refractivity contribution is 0.0923. The van der Waals surface area contributed by atoms with Gasteiger partial charge in [-0.1, -0.05) is 6.92 Å². The normalized spacial score (nSPS) is 13.3. The third kappa shape index (κ3) is 3.23. The monoisotopic (exact) mass is 310 g/mol. The summed E-state index contributed by atoms with van der Waals surface area (Å²) in [4.78, 5) is 12.0. The van der Waals surface area contributed by atoms with Crippen molar-refractivity contribution in [1.29, 1.82) is 5.26 Å². The number of rotatable bonds is 4. The summed E-state index contributed by atoms with van der Waals surface area (Å²) in [6.45, 7) is 3.55. The zero-order valence-corrected chi connectivity index (χ0v) is 12.2. The molecule has 0 spiro atoms. The summed E-state index contributed by atoms with van der Waals surface area (Å²) in [6, 6.07) is 7.13. The molecule has 1 atom stereocenters. The molecule has 0 aliphatic rings. The van der Waals surface area contributed by atoms with Gasteiger partial charge >= 0.3 is 0 Å². The van der Waals surface area contributed by atoms with E-state index in [-0.39, 0.29) is 5.91 Å². The molecule has 0 radical (unpaired) electrons. The number of nitrogens with one attached hydrogen (secondary N) is 1. The molecule has 0 fully saturated rings. The molecule has 0 aliphatic heterocycles. The summed E-state index contributed by atoms with van der Waals surface area (Å²) in [5.41, 5.74) is -0.360. The van der Waals surface area contributed by atoms with E-state index < -0.39 is 5.54 Å². The van der Waals surface area contributed by atoms with Crippen molar-refractivity contribution >= 4 is 21.8 Å². The highest BCUT2D eigenvalue weighted by molar-refractivity contribution is 9.10. The van der Waals surface area contributed by atoms with E-state index in [1.165, 1.54) is 0 Å². The van der Waals surface area contributed by atoms with Gasteiger partial charge in [-0.2, -0.15) is 5.26 Å². The molecule has 0 aromatic heterocycles. The number of carbonyl (C=O) groups excluding carboxylic acids is 1. The lowest BCUT2D eigenvalue weighted by Gasteiger charge is -2.21. The average Bonchev–Trinajstić information content (AvgIpc) is 2.38. The summed E-state index contributed by atoms with van der Waals surface area (Å²) in [5, 5.41) is 11.7. The van der Waals surface area contributed by atoms with E-state index in [1.807, 2.05) is 6.92 Å². The third-order valence-corrected chi connectivity index (χ3v) is 3.38. The molecule has 0 bridgehead atoms. The minimum absolute atomic E-state index is 0.274. The van der Waals surface area contributed by atoms with Gasteiger partial charge in [0.1, 0.15) is 11.3 Å². The Morgan fingerprint density at radius 1 is 1.61 bits per heavy atom. The summed E-state index contributed by atoms with van der Waals surface area (Å²) >= 11 is 3.32. The van der Waals surface area contributed by atoms with Gasteiger partial charge in [0.2, 0.25) is 0 Å². The van der Waals surface area contributed by atoms with Crippen molar-refractivity contribution in [2.24, 2.45) is 0 Å². The van der Waals surface area contributed by atoms with Crippen LogP contribution in [0.15, 0.2) is 22.7 Å². The van der Waals surface area contributed by atoms with Crippen molar-refractivity contribution in [2.75, 3.05) is 7.11 Å². The van der Waals surface area contributed by atoms with E-state index in [1.54, 1.807) is 32.2 Å². The molecule has 1 aromatic rings. The van der Waals surface area contributed by atoms with Crippen LogP contribution in [0, 0.1) is 11.3 Å². The van der Waals surface area contributed by atoms with Crippen LogP contribution in [0.5, 0.6) is 5.75 Å². The lowest BCUT2D eigenvalue weighted by Crippen LogP contribution is -2.44. The van der Waals surface area contributed by atoms with Crippen LogP contribution in [0.4, 0.5) is 0 Å². The first-order valence-corrected chi connectivity index (χ1v) is 6.32. The molecule has 1 aromatic carbocycles. The SMILES string of the molecule is CCC(C)(C#N)NC(=O)c1ccc(OC)c(Br)c1. The van der Waals surface area contributed by atoms with Crippen molar-refractivity contribution in [3.8, 4) is 11.8 Å². The Morgan fingerprint density at radius 3 is 2.72 bits per heavy atom. The van der Waals surface area contributed by atoms with Gasteiger partial charge in [0.15, 0.2) is 0 Å². The second kappa shape index (κ2) is 5.87. The first-order chi connectivity index (χ1) is 8.45. The highest BCUT2D eigenvalue weighted by Crippen LogP contribution is 2.25. The number of nitrogens with zero attached hydrogens (tertiary/aromatic N) is 1. The third-order valence-electron chi connectivity index (χ3n) is 2.76. The fourth-order valence-electron chi connectivity index (χ4n) is 1.33. The van der Waals surface area contributed by atoms with Crippen molar-refractivity contribution in [1.82, 2.24) is 5.32 Å². The molecule has 1 amide bonds. The van der Waals surface area contributed by atoms with Crippen LogP contribution in [0.1, 0.15) is 30.6 Å². The van der Waals surface area contributed by atoms with E-state index >= 15 is 0 Å². The second-order valence-corrected chi connectivity index (χ2v) is 4.96. The molecular weight excluding hydrogens is 296 g/mol. The van der Waals surface area contributed by atoms with E-state index in [4.69, 9.17) is 10.00 Å². The topological polar surface area (TPSA) is 62.1 Å². The minimum atomic E-state index is -0.844. The highest BCUT2D eigenvalue weighted by atomic mass is 79.9. The molecular formula is C13H15BrN2O2. The standard InChI is InChI=1S/C13H15BrN2O2/c1-4-13(2,8-15)16-12(17)9-5-6-11(18-3)10(14)7-9/h5-7H,4H2,1-3H3,(H,16,17). The van der Waals surface area contributed by atoms with Crippen molar-refractivity contribution in [3.05, 3.63) is 28.2 Å². The first-order valence-electron chi connectivity index (χ1n) is 5.53. The fraction of sp³-hybridized carbons (Fsp3) is 0.385. The number of ether oxygens (including phenoxy) is 1. The molecule has 1 rings (SSSR count). The van der Waals surface area contributed by atoms with Gasteiger partial charge < -0.3 is 10.1 Å². The summed E-state index contributed by atoms with van der Waals surface area (Å²) in [7, 11) is 1.56. The zero-order chi connectivity index (χ0) is 13.8. The van der Waals surface area contributed by atoms with Crippen molar-refractivity contribution < 1.29 is 9.53 Å². The van der Waals surface area contributed by atoms with Crippen molar-refractivity contribution in [3.63, 3.8) is 0 Å². The molecule has 0 saturated heterocycles. The summed E-state index contributed by atoms with van der Waals surface area (Å²) in [5.74, 6) is 0.384. The van der Waals surface area contributed by atoms with Gasteiger partial charge in [0.05, 0.1) is 17.7 Å². The Morgan fingerprint density at radius 2 is 2.28 bits per heavy atom. The van der Waals surface area contributed by atoms with Crippen LogP contribution in [0.25, 0.3) is 0 Å². The Kier molecular flexibility index (Phi) is 4.74. The first kappa shape index (κ1) is 14.5. The van der Waals surface area contributed by atoms with E-state index in [2.05, 4.69) is 27.3 Å². The van der Waals surface area contributed by atoms with Crippen LogP contribution in [-0.2, 0) is 0 Å². The Labute approximate surface area is 115 Å². The van der Waals surface area contributed by atoms with Crippen LogP contribution in [0.2, 0.25) is 0 Å². The van der Waals surface area contributed by atoms with Crippen LogP contribution < -0.4 is 10.1 Å². The molecule has 1 unspecified atom stereocenters. The molecule has 0 heterocycles. The van der Waals surface area contributed by atoms with Crippen LogP contribution in [-0.4, -0.2) is 18.6 Å². The number of methoxy groups -OCH3 is 1. The number of carbonyl (C=O) groups is 1. The van der Waals surface area contributed by atoms with E-state index in [0.717, 1.165) is 0 Å². The quantitative estimate of drug-likeness (QED) is 0.930. The fourth-order valence-corrected chi connectivity index (χ4v) is 1.87. The zero-order valence-electron chi connectivity index (χ0n) is 10.6. The Hall–Kier alpha value is -1.54. The van der Waals surface area contributed by atoms with Gasteiger partial charge in [-0.25, -0.2) is 0 Å². The minimum Gasteiger partial charge on any atom is -0.496 e. The van der Waals surface area contributed by atoms with Crippen molar-refractivity contribution in [2.45, 2.75) is 25.8 Å². The smallest absolute Gasteiger partial charge is 0.252 e. The van der Waals surface area contributed by atoms with Gasteiger partial charge in [-0.05, 0) is 47.5 Å². The molecule has 18 heavy (non-hydrogen) atoms. The number of hydrogen-bond donors (Lipinski definition) is 1. The molecule has 4 nitrogen and oxygen atoms in total. The second-order valence-electron chi connectivity index (χ2n) is 4.10. The average molecular weight is 311 g/mol. The summed E-state index contributed by atoms with van der Waals surface area (Å²) < 4.78 is 5.79. The number of nitriles is 1. The largest absolute Gasteiger partial charge is 0.496 e. The maximum atomic E-state index is 12.0. The van der Waals surface area contributed by atoms with Crippen LogP contribution in [0.3, 0.4) is 0 Å². The number of hydrogen-bond acceptors (Lipinski definition) is 3. The maximum absolute atomic E-state index is 12.0. The highest BCUT2D eigenvalue weighted by Gasteiger charge is 2.24. The van der Waals surface area contributed by atoms with Gasteiger partial charge in [-0.15, -0.1) is 0 Å². The predicted octanol–water partition coefficient (Wildman–Crippen LogP) is 2.88. The van der Waals surface area contributed by atoms with Gasteiger partial charge in [0, 0.05) is 5.56 Å². The lowest BCUT2D eigenvalue weighted by atomic mass is 10.0. The Bertz CT molecular complexity index is 496. The number of amides is 1. The molecule has 96 valence electrons. The molecule has 0 saturated carbocycles. The van der Waals surface area contributed by atoms with E-state index in [0.29, 0.717) is 22.2 Å². The molecule has 1 N–H and O–H groups in total. The van der Waals surface area contributed by atoms with Gasteiger partial charge in [-0.3, -0.25) is 4.79 Å². The maximum Gasteiger partial charge on any atom is 0.252 e. The van der Waals surface area contributed by atoms with E-state index in [9.17, 15) is 4.79 Å². The Balaban J connectivity index is 2.92. The molecule has 5 heteroatoms.